The molecule has 0 aliphatic carbocycles. The van der Waals surface area contributed by atoms with Crippen molar-refractivity contribution in [3.8, 4) is 5.75 Å². The van der Waals surface area contributed by atoms with Gasteiger partial charge in [0.05, 0.1) is 22.8 Å². The van der Waals surface area contributed by atoms with E-state index in [1.54, 1.807) is 13.0 Å². The standard InChI is InChI=1S/C16H12Cl2O4/c1-2-21-15(19)10-3-6-12(7-4-10)22-16(20)13-8-5-11(17)9-14(13)18/h3-9H,2H2,1H3. The van der Waals surface area contributed by atoms with E-state index in [9.17, 15) is 9.59 Å². The van der Waals surface area contributed by atoms with E-state index < -0.39 is 11.9 Å². The van der Waals surface area contributed by atoms with Crippen molar-refractivity contribution < 1.29 is 19.1 Å². The summed E-state index contributed by atoms with van der Waals surface area (Å²) in [6.45, 7) is 2.02. The topological polar surface area (TPSA) is 52.6 Å². The summed E-state index contributed by atoms with van der Waals surface area (Å²) in [6, 6.07) is 10.5. The van der Waals surface area contributed by atoms with Gasteiger partial charge in [0.1, 0.15) is 5.75 Å². The molecular formula is C16H12Cl2O4. The predicted molar refractivity (Wildman–Crippen MR) is 83.8 cm³/mol. The largest absolute Gasteiger partial charge is 0.462 e. The molecule has 0 radical (unpaired) electrons. The van der Waals surface area contributed by atoms with Crippen LogP contribution >= 0.6 is 23.2 Å². The lowest BCUT2D eigenvalue weighted by atomic mass is 10.2. The summed E-state index contributed by atoms with van der Waals surface area (Å²) in [4.78, 5) is 23.5. The first kappa shape index (κ1) is 16.3. The molecule has 0 N–H and O–H groups in total. The highest BCUT2D eigenvalue weighted by molar-refractivity contribution is 6.36. The van der Waals surface area contributed by atoms with Gasteiger partial charge in [-0.1, -0.05) is 23.2 Å². The predicted octanol–water partition coefficient (Wildman–Crippen LogP) is 4.39. The molecule has 0 spiro atoms. The van der Waals surface area contributed by atoms with Gasteiger partial charge in [-0.2, -0.15) is 0 Å². The molecule has 2 rings (SSSR count). The average molecular weight is 339 g/mol. The van der Waals surface area contributed by atoms with Gasteiger partial charge in [0, 0.05) is 5.02 Å². The fourth-order valence-electron chi connectivity index (χ4n) is 1.69. The summed E-state index contributed by atoms with van der Waals surface area (Å²) in [5.74, 6) is -0.740. The summed E-state index contributed by atoms with van der Waals surface area (Å²) >= 11 is 11.7. The van der Waals surface area contributed by atoms with Crippen LogP contribution in [0.1, 0.15) is 27.6 Å². The van der Waals surface area contributed by atoms with E-state index in [1.165, 1.54) is 36.4 Å². The minimum absolute atomic E-state index is 0.209. The van der Waals surface area contributed by atoms with Crippen LogP contribution in [0.2, 0.25) is 10.0 Å². The van der Waals surface area contributed by atoms with Crippen LogP contribution in [-0.4, -0.2) is 18.5 Å². The highest BCUT2D eigenvalue weighted by Crippen LogP contribution is 2.23. The quantitative estimate of drug-likeness (QED) is 0.612. The van der Waals surface area contributed by atoms with Crippen molar-refractivity contribution in [3.63, 3.8) is 0 Å². The van der Waals surface area contributed by atoms with E-state index in [1.807, 2.05) is 0 Å². The second-order valence-electron chi connectivity index (χ2n) is 4.26. The Bertz CT molecular complexity index is 696. The molecule has 4 nitrogen and oxygen atoms in total. The Balaban J connectivity index is 2.10. The summed E-state index contributed by atoms with van der Waals surface area (Å²) in [7, 11) is 0. The second kappa shape index (κ2) is 7.29. The number of benzene rings is 2. The van der Waals surface area contributed by atoms with Gasteiger partial charge in [0.2, 0.25) is 0 Å². The number of rotatable bonds is 4. The molecule has 0 aromatic heterocycles. The molecule has 2 aromatic carbocycles. The molecular weight excluding hydrogens is 327 g/mol. The van der Waals surface area contributed by atoms with Gasteiger partial charge in [0.25, 0.3) is 0 Å². The second-order valence-corrected chi connectivity index (χ2v) is 5.10. The van der Waals surface area contributed by atoms with Gasteiger partial charge in [0.15, 0.2) is 0 Å². The third kappa shape index (κ3) is 4.00. The number of carbonyl (C=O) groups is 2. The molecule has 0 saturated carbocycles. The average Bonchev–Trinajstić information content (AvgIpc) is 2.48. The maximum Gasteiger partial charge on any atom is 0.345 e. The van der Waals surface area contributed by atoms with Crippen LogP contribution in [0.25, 0.3) is 0 Å². The molecule has 0 atom stereocenters. The Hall–Kier alpha value is -2.04. The first-order chi connectivity index (χ1) is 10.5. The minimum Gasteiger partial charge on any atom is -0.462 e. The molecule has 0 unspecified atom stereocenters. The Morgan fingerprint density at radius 1 is 1.00 bits per heavy atom. The van der Waals surface area contributed by atoms with Crippen molar-refractivity contribution in [2.24, 2.45) is 0 Å². The Kier molecular flexibility index (Phi) is 5.41. The molecule has 0 aliphatic heterocycles. The van der Waals surface area contributed by atoms with E-state index in [4.69, 9.17) is 32.7 Å². The normalized spacial score (nSPS) is 10.1. The Morgan fingerprint density at radius 3 is 2.27 bits per heavy atom. The summed E-state index contributed by atoms with van der Waals surface area (Å²) in [5.41, 5.74) is 0.590. The van der Waals surface area contributed by atoms with Gasteiger partial charge in [-0.15, -0.1) is 0 Å². The third-order valence-electron chi connectivity index (χ3n) is 2.73. The molecule has 0 bridgehead atoms. The Labute approximate surface area is 137 Å². The van der Waals surface area contributed by atoms with Crippen molar-refractivity contribution in [3.05, 3.63) is 63.6 Å². The van der Waals surface area contributed by atoms with Crippen LogP contribution in [0.5, 0.6) is 5.75 Å². The van der Waals surface area contributed by atoms with Crippen LogP contribution in [0.3, 0.4) is 0 Å². The third-order valence-corrected chi connectivity index (χ3v) is 3.27. The van der Waals surface area contributed by atoms with Crippen molar-refractivity contribution in [1.29, 1.82) is 0 Å². The smallest absolute Gasteiger partial charge is 0.345 e. The van der Waals surface area contributed by atoms with Gasteiger partial charge < -0.3 is 9.47 Å². The van der Waals surface area contributed by atoms with Crippen LogP contribution in [0.4, 0.5) is 0 Å². The van der Waals surface area contributed by atoms with Crippen molar-refractivity contribution in [1.82, 2.24) is 0 Å². The van der Waals surface area contributed by atoms with E-state index >= 15 is 0 Å². The highest BCUT2D eigenvalue weighted by Gasteiger charge is 2.14. The monoisotopic (exact) mass is 338 g/mol. The first-order valence-corrected chi connectivity index (χ1v) is 7.21. The van der Waals surface area contributed by atoms with Crippen LogP contribution < -0.4 is 4.74 Å². The number of halogens is 2. The summed E-state index contributed by atoms with van der Waals surface area (Å²) in [6.07, 6.45) is 0. The molecule has 0 saturated heterocycles. The van der Waals surface area contributed by atoms with Gasteiger partial charge >= 0.3 is 11.9 Å². The Morgan fingerprint density at radius 2 is 1.68 bits per heavy atom. The van der Waals surface area contributed by atoms with E-state index in [2.05, 4.69) is 0 Å². The first-order valence-electron chi connectivity index (χ1n) is 6.45. The molecule has 6 heteroatoms. The fourth-order valence-corrected chi connectivity index (χ4v) is 2.18. The van der Waals surface area contributed by atoms with Crippen LogP contribution in [0, 0.1) is 0 Å². The number of esters is 2. The number of hydrogen-bond acceptors (Lipinski definition) is 4. The van der Waals surface area contributed by atoms with E-state index in [0.717, 1.165) is 0 Å². The molecule has 2 aromatic rings. The summed E-state index contributed by atoms with van der Waals surface area (Å²) in [5, 5.41) is 0.640. The SMILES string of the molecule is CCOC(=O)c1ccc(OC(=O)c2ccc(Cl)cc2Cl)cc1. The van der Waals surface area contributed by atoms with Crippen molar-refractivity contribution >= 4 is 35.1 Å². The molecule has 22 heavy (non-hydrogen) atoms. The molecule has 0 fully saturated rings. The number of ether oxygens (including phenoxy) is 2. The van der Waals surface area contributed by atoms with Gasteiger partial charge in [-0.3, -0.25) is 0 Å². The van der Waals surface area contributed by atoms with E-state index in [0.29, 0.717) is 22.9 Å². The molecule has 114 valence electrons. The zero-order valence-corrected chi connectivity index (χ0v) is 13.1. The van der Waals surface area contributed by atoms with Gasteiger partial charge in [-0.05, 0) is 49.4 Å². The number of carbonyl (C=O) groups excluding carboxylic acids is 2. The van der Waals surface area contributed by atoms with E-state index in [-0.39, 0.29) is 10.6 Å². The summed E-state index contributed by atoms with van der Waals surface area (Å²) < 4.78 is 10.1. The van der Waals surface area contributed by atoms with Crippen LogP contribution in [-0.2, 0) is 4.74 Å². The van der Waals surface area contributed by atoms with Crippen molar-refractivity contribution in [2.45, 2.75) is 6.92 Å². The van der Waals surface area contributed by atoms with Crippen LogP contribution in [0.15, 0.2) is 42.5 Å². The zero-order chi connectivity index (χ0) is 16.1. The maximum atomic E-state index is 12.0. The lowest BCUT2D eigenvalue weighted by Gasteiger charge is -2.07. The lowest BCUT2D eigenvalue weighted by Crippen LogP contribution is -2.09. The lowest BCUT2D eigenvalue weighted by molar-refractivity contribution is 0.0526. The maximum absolute atomic E-state index is 12.0. The fraction of sp³-hybridized carbons (Fsp3) is 0.125. The molecule has 0 aliphatic rings. The number of hydrogen-bond donors (Lipinski definition) is 0. The highest BCUT2D eigenvalue weighted by atomic mass is 35.5. The zero-order valence-electron chi connectivity index (χ0n) is 11.6. The van der Waals surface area contributed by atoms with Crippen molar-refractivity contribution in [2.75, 3.05) is 6.61 Å². The molecule has 0 amide bonds. The minimum atomic E-state index is -0.606. The van der Waals surface area contributed by atoms with Gasteiger partial charge in [-0.25, -0.2) is 9.59 Å². The molecule has 0 heterocycles.